The number of hydrogen-bond acceptors (Lipinski definition) is 11. The van der Waals surface area contributed by atoms with Gasteiger partial charge in [0.05, 0.1) is 6.61 Å². The zero-order valence-electron chi connectivity index (χ0n) is 48.8. The Balaban J connectivity index is 2.73. The Bertz CT molecular complexity index is 1880. The first kappa shape index (κ1) is 71.9. The molecule has 1 fully saturated rings. The minimum atomic E-state index is -1.93. The van der Waals surface area contributed by atoms with Crippen LogP contribution in [0.2, 0.25) is 0 Å². The molecule has 79 heavy (non-hydrogen) atoms. The number of allylic oxidation sites excluding steroid dienone is 22. The SMILES string of the molecule is CC/C=C\C/C=C\C/C=C\C/C=C\C/C=C\CCCCCC(=O)OC1C(OCC(COC(=O)CCCCCCC/C=C\C/C=C\C/C=C\CC)OC(=O)CCCCCCC/C=C\C/C=C\C/C=C\CC)OC(C(=O)O)C(O)C1O. The number of carboxylic acids is 1. The summed E-state index contributed by atoms with van der Waals surface area (Å²) in [5.74, 6) is -3.23. The second kappa shape index (κ2) is 53.5. The Morgan fingerprint density at radius 1 is 0.418 bits per heavy atom. The maximum absolute atomic E-state index is 13.2. The summed E-state index contributed by atoms with van der Waals surface area (Å²) in [6.45, 7) is 5.60. The second-order valence-corrected chi connectivity index (χ2v) is 19.8. The first-order chi connectivity index (χ1) is 38.6. The fraction of sp³-hybridized carbons (Fsp3) is 0.612. The molecule has 6 atom stereocenters. The van der Waals surface area contributed by atoms with Crippen molar-refractivity contribution >= 4 is 23.9 Å². The minimum absolute atomic E-state index is 0.00982. The van der Waals surface area contributed by atoms with Gasteiger partial charge < -0.3 is 39.0 Å². The smallest absolute Gasteiger partial charge is 0.335 e. The third-order valence-corrected chi connectivity index (χ3v) is 12.7. The number of aliphatic hydroxyl groups is 2. The first-order valence-electron chi connectivity index (χ1n) is 30.2. The lowest BCUT2D eigenvalue weighted by atomic mass is 9.98. The molecule has 0 aromatic rings. The average Bonchev–Trinajstić information content (AvgIpc) is 3.44. The van der Waals surface area contributed by atoms with E-state index in [4.69, 9.17) is 23.7 Å². The predicted octanol–water partition coefficient (Wildman–Crippen LogP) is 15.8. The third kappa shape index (κ3) is 43.4. The number of carbonyl (C=O) groups excluding carboxylic acids is 3. The van der Waals surface area contributed by atoms with Gasteiger partial charge in [-0.1, -0.05) is 199 Å². The van der Waals surface area contributed by atoms with Crippen LogP contribution in [0, 0.1) is 0 Å². The van der Waals surface area contributed by atoms with Gasteiger partial charge in [-0.25, -0.2) is 4.79 Å². The number of carboxylic acid groups (broad SMARTS) is 1. The van der Waals surface area contributed by atoms with Crippen molar-refractivity contribution in [2.45, 2.75) is 250 Å². The monoisotopic (exact) mass is 1100 g/mol. The Kier molecular flexibility index (Phi) is 48.7. The summed E-state index contributed by atoms with van der Waals surface area (Å²) in [6.07, 6.45) is 62.7. The van der Waals surface area contributed by atoms with Gasteiger partial charge in [-0.3, -0.25) is 14.4 Å². The summed E-state index contributed by atoms with van der Waals surface area (Å²) in [5.41, 5.74) is 0. The van der Waals surface area contributed by atoms with Crippen molar-refractivity contribution in [2.24, 2.45) is 0 Å². The Labute approximate surface area is 477 Å². The Morgan fingerprint density at radius 2 is 0.759 bits per heavy atom. The number of aliphatic hydroxyl groups excluding tert-OH is 2. The minimum Gasteiger partial charge on any atom is -0.479 e. The average molecular weight is 1100 g/mol. The van der Waals surface area contributed by atoms with Crippen LogP contribution in [0.1, 0.15) is 213 Å². The van der Waals surface area contributed by atoms with Crippen molar-refractivity contribution in [3.63, 3.8) is 0 Å². The van der Waals surface area contributed by atoms with Crippen LogP contribution < -0.4 is 0 Å². The molecule has 0 aromatic heterocycles. The summed E-state index contributed by atoms with van der Waals surface area (Å²) in [6, 6.07) is 0. The van der Waals surface area contributed by atoms with Crippen LogP contribution in [0.5, 0.6) is 0 Å². The van der Waals surface area contributed by atoms with Gasteiger partial charge in [-0.15, -0.1) is 0 Å². The van der Waals surface area contributed by atoms with Gasteiger partial charge in [-0.05, 0) is 128 Å². The van der Waals surface area contributed by atoms with Crippen LogP contribution in [0.4, 0.5) is 0 Å². The number of hydrogen-bond donors (Lipinski definition) is 3. The first-order valence-corrected chi connectivity index (χ1v) is 30.2. The van der Waals surface area contributed by atoms with E-state index < -0.39 is 67.3 Å². The van der Waals surface area contributed by atoms with Crippen molar-refractivity contribution in [3.8, 4) is 0 Å². The summed E-state index contributed by atoms with van der Waals surface area (Å²) >= 11 is 0. The number of esters is 3. The van der Waals surface area contributed by atoms with E-state index in [1.54, 1.807) is 0 Å². The van der Waals surface area contributed by atoms with Gasteiger partial charge in [-0.2, -0.15) is 0 Å². The highest BCUT2D eigenvalue weighted by atomic mass is 16.7. The molecular weight excluding hydrogens is 997 g/mol. The molecule has 1 aliphatic rings. The standard InChI is InChI=1S/C67H104O12/c1-4-7-10-13-16-19-22-25-28-29-30-31-34-37-40-43-46-49-52-55-61(70)78-65-63(72)62(71)64(66(73)74)79-67(65)76-57-58(77-60(69)54-51-48-45-42-39-36-33-27-24-21-18-15-12-9-6-3)56-75-59(68)53-50-47-44-41-38-35-32-26-23-20-17-14-11-8-5-2/h7-12,16-21,25-28,30-33,37,40,58,62-65,67,71-72H,4-6,13-15,22-24,29,34-36,38-39,41-57H2,1-3H3,(H,73,74)/b10-7-,11-8-,12-9-,19-16-,20-17-,21-18-,28-25-,31-30-,32-26-,33-27-,40-37-. The Hall–Kier alpha value is -5.14. The van der Waals surface area contributed by atoms with Crippen molar-refractivity contribution in [1.82, 2.24) is 0 Å². The van der Waals surface area contributed by atoms with E-state index in [0.29, 0.717) is 19.3 Å². The second-order valence-electron chi connectivity index (χ2n) is 19.8. The van der Waals surface area contributed by atoms with E-state index in [9.17, 15) is 34.5 Å². The van der Waals surface area contributed by atoms with Crippen LogP contribution in [0.3, 0.4) is 0 Å². The topological polar surface area (TPSA) is 175 Å². The van der Waals surface area contributed by atoms with E-state index in [2.05, 4.69) is 154 Å². The Morgan fingerprint density at radius 3 is 1.16 bits per heavy atom. The number of aliphatic carboxylic acids is 1. The number of ether oxygens (including phenoxy) is 5. The van der Waals surface area contributed by atoms with E-state index in [-0.39, 0.29) is 25.9 Å². The fourth-order valence-electron chi connectivity index (χ4n) is 8.19. The van der Waals surface area contributed by atoms with E-state index in [0.717, 1.165) is 154 Å². The normalized spacial score (nSPS) is 18.8. The van der Waals surface area contributed by atoms with Gasteiger partial charge in [0.25, 0.3) is 0 Å². The van der Waals surface area contributed by atoms with Crippen molar-refractivity contribution < 1.29 is 58.2 Å². The fourth-order valence-corrected chi connectivity index (χ4v) is 8.19. The largest absolute Gasteiger partial charge is 0.479 e. The molecule has 1 aliphatic heterocycles. The maximum atomic E-state index is 13.2. The van der Waals surface area contributed by atoms with Gasteiger partial charge in [0.1, 0.15) is 18.8 Å². The lowest BCUT2D eigenvalue weighted by Crippen LogP contribution is -2.61. The number of rotatable bonds is 49. The highest BCUT2D eigenvalue weighted by Crippen LogP contribution is 2.26. The zero-order valence-corrected chi connectivity index (χ0v) is 48.8. The summed E-state index contributed by atoms with van der Waals surface area (Å²) in [7, 11) is 0. The summed E-state index contributed by atoms with van der Waals surface area (Å²) < 4.78 is 28.4. The molecule has 444 valence electrons. The van der Waals surface area contributed by atoms with Crippen molar-refractivity contribution in [3.05, 3.63) is 134 Å². The molecule has 0 aliphatic carbocycles. The van der Waals surface area contributed by atoms with Crippen LogP contribution in [0.15, 0.2) is 134 Å². The maximum Gasteiger partial charge on any atom is 0.335 e. The molecule has 0 saturated carbocycles. The van der Waals surface area contributed by atoms with Crippen LogP contribution in [-0.2, 0) is 42.9 Å². The van der Waals surface area contributed by atoms with Gasteiger partial charge in [0.2, 0.25) is 0 Å². The van der Waals surface area contributed by atoms with E-state index in [1.165, 1.54) is 0 Å². The third-order valence-electron chi connectivity index (χ3n) is 12.7. The van der Waals surface area contributed by atoms with E-state index in [1.807, 2.05) is 0 Å². The molecule has 12 nitrogen and oxygen atoms in total. The molecule has 1 rings (SSSR count). The summed E-state index contributed by atoms with van der Waals surface area (Å²) in [4.78, 5) is 51.2. The molecule has 0 amide bonds. The molecule has 0 spiro atoms. The molecule has 0 radical (unpaired) electrons. The molecule has 12 heteroatoms. The highest BCUT2D eigenvalue weighted by Gasteiger charge is 2.50. The summed E-state index contributed by atoms with van der Waals surface area (Å²) in [5, 5.41) is 31.5. The molecule has 0 aromatic carbocycles. The highest BCUT2D eigenvalue weighted by molar-refractivity contribution is 5.74. The molecule has 0 bridgehead atoms. The van der Waals surface area contributed by atoms with Crippen LogP contribution in [0.25, 0.3) is 0 Å². The van der Waals surface area contributed by atoms with Crippen LogP contribution in [-0.4, -0.2) is 89.2 Å². The molecule has 6 unspecified atom stereocenters. The number of unbranched alkanes of at least 4 members (excludes halogenated alkanes) is 13. The van der Waals surface area contributed by atoms with Crippen molar-refractivity contribution in [1.29, 1.82) is 0 Å². The van der Waals surface area contributed by atoms with Gasteiger partial charge >= 0.3 is 23.9 Å². The molecule has 1 saturated heterocycles. The lowest BCUT2D eigenvalue weighted by Gasteiger charge is -2.40. The number of carbonyl (C=O) groups is 4. The van der Waals surface area contributed by atoms with E-state index >= 15 is 0 Å². The van der Waals surface area contributed by atoms with Gasteiger partial charge in [0.15, 0.2) is 24.6 Å². The molecule has 1 heterocycles. The quantitative estimate of drug-likeness (QED) is 0.0228. The lowest BCUT2D eigenvalue weighted by molar-refractivity contribution is -0.301. The van der Waals surface area contributed by atoms with Gasteiger partial charge in [0, 0.05) is 19.3 Å². The molecule has 3 N–H and O–H groups in total. The predicted molar refractivity (Wildman–Crippen MR) is 321 cm³/mol. The molecular formula is C67H104O12. The van der Waals surface area contributed by atoms with Crippen molar-refractivity contribution in [2.75, 3.05) is 13.2 Å². The van der Waals surface area contributed by atoms with Crippen LogP contribution >= 0.6 is 0 Å². The zero-order chi connectivity index (χ0) is 57.5.